The zero-order chi connectivity index (χ0) is 9.35. The first-order valence-electron chi connectivity index (χ1n) is 3.65. The minimum atomic E-state index is -0.631. The minimum Gasteiger partial charge on any atom is -0.322 e. The summed E-state index contributed by atoms with van der Waals surface area (Å²) in [6.07, 6.45) is 0. The number of rotatable bonds is 1. The molecular weight excluding hydrogens is 256 g/mol. The highest BCUT2D eigenvalue weighted by molar-refractivity contribution is 9.10. The maximum Gasteiger partial charge on any atom is 0.128 e. The second kappa shape index (κ2) is 4.40. The molecular formula is C9H12BrClFN. The third kappa shape index (κ3) is 3.25. The van der Waals surface area contributed by atoms with Gasteiger partial charge in [0.15, 0.2) is 0 Å². The summed E-state index contributed by atoms with van der Waals surface area (Å²) in [5, 5.41) is 0. The van der Waals surface area contributed by atoms with Crippen molar-refractivity contribution in [1.82, 2.24) is 0 Å². The second-order valence-corrected chi connectivity index (χ2v) is 4.26. The summed E-state index contributed by atoms with van der Waals surface area (Å²) in [7, 11) is 0. The van der Waals surface area contributed by atoms with Gasteiger partial charge in [-0.3, -0.25) is 0 Å². The van der Waals surface area contributed by atoms with Crippen molar-refractivity contribution in [3.8, 4) is 0 Å². The Hall–Kier alpha value is -0.120. The van der Waals surface area contributed by atoms with Gasteiger partial charge in [-0.2, -0.15) is 0 Å². The predicted molar refractivity (Wildman–Crippen MR) is 58.6 cm³/mol. The van der Waals surface area contributed by atoms with E-state index in [1.54, 1.807) is 26.0 Å². The third-order valence-electron chi connectivity index (χ3n) is 1.62. The van der Waals surface area contributed by atoms with Gasteiger partial charge in [-0.05, 0) is 32.0 Å². The Morgan fingerprint density at radius 1 is 1.38 bits per heavy atom. The van der Waals surface area contributed by atoms with Crippen LogP contribution in [-0.4, -0.2) is 0 Å². The van der Waals surface area contributed by atoms with Crippen LogP contribution in [0.1, 0.15) is 19.4 Å². The van der Waals surface area contributed by atoms with E-state index in [2.05, 4.69) is 15.9 Å². The summed E-state index contributed by atoms with van der Waals surface area (Å²) in [5.74, 6) is -0.259. The van der Waals surface area contributed by atoms with Gasteiger partial charge in [0.2, 0.25) is 0 Å². The van der Waals surface area contributed by atoms with Crippen molar-refractivity contribution in [2.24, 2.45) is 5.73 Å². The molecule has 0 saturated heterocycles. The summed E-state index contributed by atoms with van der Waals surface area (Å²) in [6.45, 7) is 3.55. The molecule has 4 heteroatoms. The van der Waals surface area contributed by atoms with Crippen molar-refractivity contribution in [2.45, 2.75) is 19.4 Å². The Labute approximate surface area is 92.1 Å². The third-order valence-corrected chi connectivity index (χ3v) is 2.12. The van der Waals surface area contributed by atoms with Crippen LogP contribution in [0, 0.1) is 5.82 Å². The van der Waals surface area contributed by atoms with Gasteiger partial charge < -0.3 is 5.73 Å². The Morgan fingerprint density at radius 3 is 2.31 bits per heavy atom. The van der Waals surface area contributed by atoms with Gasteiger partial charge in [0.05, 0.1) is 0 Å². The molecule has 0 saturated carbocycles. The van der Waals surface area contributed by atoms with Crippen molar-refractivity contribution < 1.29 is 4.39 Å². The summed E-state index contributed by atoms with van der Waals surface area (Å²) >= 11 is 3.27. The summed E-state index contributed by atoms with van der Waals surface area (Å²) in [6, 6.07) is 4.77. The molecule has 0 amide bonds. The van der Waals surface area contributed by atoms with Crippen molar-refractivity contribution in [1.29, 1.82) is 0 Å². The largest absolute Gasteiger partial charge is 0.322 e. The molecule has 1 aromatic carbocycles. The Balaban J connectivity index is 0.00000144. The lowest BCUT2D eigenvalue weighted by atomic mass is 9.95. The topological polar surface area (TPSA) is 26.0 Å². The van der Waals surface area contributed by atoms with E-state index >= 15 is 0 Å². The molecule has 0 aliphatic heterocycles. The first-order valence-corrected chi connectivity index (χ1v) is 4.45. The quantitative estimate of drug-likeness (QED) is 0.831. The fourth-order valence-electron chi connectivity index (χ4n) is 0.991. The van der Waals surface area contributed by atoms with E-state index in [0.29, 0.717) is 5.56 Å². The highest BCUT2D eigenvalue weighted by Crippen LogP contribution is 2.23. The number of hydrogen-bond acceptors (Lipinski definition) is 1. The lowest BCUT2D eigenvalue weighted by molar-refractivity contribution is 0.501. The molecule has 1 rings (SSSR count). The molecule has 2 N–H and O–H groups in total. The summed E-state index contributed by atoms with van der Waals surface area (Å²) < 4.78 is 14.0. The van der Waals surface area contributed by atoms with E-state index in [0.717, 1.165) is 4.47 Å². The van der Waals surface area contributed by atoms with Gasteiger partial charge in [0.25, 0.3) is 0 Å². The van der Waals surface area contributed by atoms with Gasteiger partial charge in [-0.25, -0.2) is 4.39 Å². The van der Waals surface area contributed by atoms with Crippen LogP contribution in [0.4, 0.5) is 4.39 Å². The molecule has 0 unspecified atom stereocenters. The zero-order valence-electron chi connectivity index (χ0n) is 7.47. The van der Waals surface area contributed by atoms with Gasteiger partial charge in [0.1, 0.15) is 5.82 Å². The van der Waals surface area contributed by atoms with Crippen molar-refractivity contribution in [2.75, 3.05) is 0 Å². The molecule has 0 aliphatic rings. The maximum atomic E-state index is 13.2. The molecule has 1 aromatic rings. The Morgan fingerprint density at radius 2 is 1.92 bits per heavy atom. The average molecular weight is 269 g/mol. The fraction of sp³-hybridized carbons (Fsp3) is 0.333. The number of halogens is 3. The van der Waals surface area contributed by atoms with Gasteiger partial charge >= 0.3 is 0 Å². The number of hydrogen-bond donors (Lipinski definition) is 1. The van der Waals surface area contributed by atoms with Crippen LogP contribution in [0.5, 0.6) is 0 Å². The molecule has 0 aromatic heterocycles. The molecule has 0 heterocycles. The number of nitrogens with two attached hydrogens (primary N) is 1. The molecule has 74 valence electrons. The SMILES string of the molecule is CC(C)(N)c1cc(Br)ccc1F.Cl. The smallest absolute Gasteiger partial charge is 0.128 e. The highest BCUT2D eigenvalue weighted by atomic mass is 79.9. The first kappa shape index (κ1) is 12.9. The van der Waals surface area contributed by atoms with Crippen LogP contribution in [0.3, 0.4) is 0 Å². The average Bonchev–Trinajstić information content (AvgIpc) is 1.92. The standard InChI is InChI=1S/C9H11BrFN.ClH/c1-9(2,12)7-5-6(10)3-4-8(7)11;/h3-5H,12H2,1-2H3;1H. The first-order chi connectivity index (χ1) is 5.41. The van der Waals surface area contributed by atoms with E-state index in [1.165, 1.54) is 6.07 Å². The lowest BCUT2D eigenvalue weighted by Crippen LogP contribution is -2.29. The minimum absolute atomic E-state index is 0. The molecule has 0 spiro atoms. The molecule has 0 radical (unpaired) electrons. The maximum absolute atomic E-state index is 13.2. The number of benzene rings is 1. The Kier molecular flexibility index (Phi) is 4.36. The van der Waals surface area contributed by atoms with E-state index in [4.69, 9.17) is 5.73 Å². The van der Waals surface area contributed by atoms with Crippen LogP contribution in [0.15, 0.2) is 22.7 Å². The molecule has 0 atom stereocenters. The van der Waals surface area contributed by atoms with E-state index in [-0.39, 0.29) is 18.2 Å². The summed E-state index contributed by atoms with van der Waals surface area (Å²) in [4.78, 5) is 0. The van der Waals surface area contributed by atoms with Crippen molar-refractivity contribution in [3.63, 3.8) is 0 Å². The normalized spacial score (nSPS) is 10.8. The van der Waals surface area contributed by atoms with Crippen LogP contribution in [-0.2, 0) is 5.54 Å². The predicted octanol–water partition coefficient (Wildman–Crippen LogP) is 3.20. The van der Waals surface area contributed by atoms with Gasteiger partial charge in [0, 0.05) is 15.6 Å². The van der Waals surface area contributed by atoms with Gasteiger partial charge in [-0.1, -0.05) is 15.9 Å². The molecule has 13 heavy (non-hydrogen) atoms. The molecule has 0 aliphatic carbocycles. The van der Waals surface area contributed by atoms with Crippen LogP contribution >= 0.6 is 28.3 Å². The van der Waals surface area contributed by atoms with Crippen molar-refractivity contribution in [3.05, 3.63) is 34.1 Å². The zero-order valence-corrected chi connectivity index (χ0v) is 9.88. The van der Waals surface area contributed by atoms with Crippen LogP contribution < -0.4 is 5.73 Å². The fourth-order valence-corrected chi connectivity index (χ4v) is 1.35. The molecule has 0 fully saturated rings. The lowest BCUT2D eigenvalue weighted by Gasteiger charge is -2.19. The van der Waals surface area contributed by atoms with E-state index in [1.807, 2.05) is 0 Å². The second-order valence-electron chi connectivity index (χ2n) is 3.35. The monoisotopic (exact) mass is 267 g/mol. The van der Waals surface area contributed by atoms with Crippen LogP contribution in [0.25, 0.3) is 0 Å². The van der Waals surface area contributed by atoms with Gasteiger partial charge in [-0.15, -0.1) is 12.4 Å². The summed E-state index contributed by atoms with van der Waals surface area (Å²) in [5.41, 5.74) is 5.66. The van der Waals surface area contributed by atoms with Crippen LogP contribution in [0.2, 0.25) is 0 Å². The molecule has 1 nitrogen and oxygen atoms in total. The van der Waals surface area contributed by atoms with E-state index in [9.17, 15) is 4.39 Å². The Bertz CT molecular complexity index is 296. The van der Waals surface area contributed by atoms with Crippen molar-refractivity contribution >= 4 is 28.3 Å². The highest BCUT2D eigenvalue weighted by Gasteiger charge is 2.18. The van der Waals surface area contributed by atoms with E-state index < -0.39 is 5.54 Å². The molecule has 0 bridgehead atoms.